The summed E-state index contributed by atoms with van der Waals surface area (Å²) in [5, 5.41) is 13.3. The minimum absolute atomic E-state index is 0.0387. The minimum Gasteiger partial charge on any atom is -0.393 e. The zero-order chi connectivity index (χ0) is 13.9. The number of nitrogens with one attached hydrogen (secondary N) is 1. The van der Waals surface area contributed by atoms with E-state index >= 15 is 0 Å². The lowest BCUT2D eigenvalue weighted by atomic mass is 9.61. The fraction of sp³-hybridized carbons (Fsp3) is 1.00. The van der Waals surface area contributed by atoms with Crippen LogP contribution in [0.15, 0.2) is 0 Å². The van der Waals surface area contributed by atoms with Crippen molar-refractivity contribution in [2.24, 2.45) is 11.3 Å². The molecule has 3 heteroatoms. The van der Waals surface area contributed by atoms with Crippen LogP contribution in [0.2, 0.25) is 0 Å². The molecule has 2 N–H and O–H groups in total. The summed E-state index contributed by atoms with van der Waals surface area (Å²) < 4.78 is 5.85. The maximum atomic E-state index is 9.54. The van der Waals surface area contributed by atoms with E-state index in [-0.39, 0.29) is 6.10 Å². The van der Waals surface area contributed by atoms with Crippen LogP contribution in [0.3, 0.4) is 0 Å². The molecule has 3 nitrogen and oxygen atoms in total. The van der Waals surface area contributed by atoms with Crippen LogP contribution in [0.5, 0.6) is 0 Å². The summed E-state index contributed by atoms with van der Waals surface area (Å²) >= 11 is 0. The number of hydrogen-bond donors (Lipinski definition) is 2. The van der Waals surface area contributed by atoms with Gasteiger partial charge in [0.2, 0.25) is 0 Å². The largest absolute Gasteiger partial charge is 0.393 e. The molecule has 2 fully saturated rings. The van der Waals surface area contributed by atoms with E-state index in [9.17, 15) is 5.11 Å². The van der Waals surface area contributed by atoms with Crippen molar-refractivity contribution in [2.45, 2.75) is 77.5 Å². The van der Waals surface area contributed by atoms with Gasteiger partial charge in [0.1, 0.15) is 0 Å². The molecule has 0 aromatic rings. The first kappa shape index (κ1) is 15.3. The third-order valence-corrected chi connectivity index (χ3v) is 5.58. The molecule has 0 aromatic heterocycles. The van der Waals surface area contributed by atoms with Gasteiger partial charge in [-0.2, -0.15) is 0 Å². The van der Waals surface area contributed by atoms with Crippen LogP contribution in [0.4, 0.5) is 0 Å². The first-order valence-corrected chi connectivity index (χ1v) is 8.13. The van der Waals surface area contributed by atoms with Gasteiger partial charge in [-0.05, 0) is 57.9 Å². The highest BCUT2D eigenvalue weighted by Crippen LogP contribution is 2.46. The molecular formula is C16H31NO2. The lowest BCUT2D eigenvalue weighted by Crippen LogP contribution is -2.62. The Morgan fingerprint density at radius 2 is 1.89 bits per heavy atom. The number of rotatable bonds is 6. The van der Waals surface area contributed by atoms with E-state index in [2.05, 4.69) is 26.1 Å². The lowest BCUT2D eigenvalue weighted by molar-refractivity contribution is -0.126. The summed E-state index contributed by atoms with van der Waals surface area (Å²) in [6, 6.07) is 0.612. The van der Waals surface area contributed by atoms with E-state index < -0.39 is 0 Å². The van der Waals surface area contributed by atoms with Gasteiger partial charge in [0.25, 0.3) is 0 Å². The van der Waals surface area contributed by atoms with Crippen LogP contribution >= 0.6 is 0 Å². The maximum absolute atomic E-state index is 9.54. The Balaban J connectivity index is 1.74. The quantitative estimate of drug-likeness (QED) is 0.779. The Hall–Kier alpha value is -0.120. The lowest BCUT2D eigenvalue weighted by Gasteiger charge is -2.54. The van der Waals surface area contributed by atoms with Crippen LogP contribution in [0, 0.1) is 11.3 Å². The molecule has 112 valence electrons. The SMILES string of the molecule is CCOC1CC(NCC2CCC(O)CC2)C1(C)CC. The Kier molecular flexibility index (Phi) is 5.27. The summed E-state index contributed by atoms with van der Waals surface area (Å²) in [6.45, 7) is 8.67. The average Bonchev–Trinajstić information content (AvgIpc) is 2.43. The second-order valence-electron chi connectivity index (χ2n) is 6.67. The predicted octanol–water partition coefficient (Wildman–Crippen LogP) is 2.72. The van der Waals surface area contributed by atoms with Gasteiger partial charge in [0, 0.05) is 18.1 Å². The molecule has 3 unspecified atom stereocenters. The van der Waals surface area contributed by atoms with Crippen LogP contribution in [0.1, 0.15) is 59.3 Å². The van der Waals surface area contributed by atoms with Crippen molar-refractivity contribution in [3.8, 4) is 0 Å². The molecule has 0 bridgehead atoms. The molecule has 0 aliphatic heterocycles. The summed E-state index contributed by atoms with van der Waals surface area (Å²) in [7, 11) is 0. The molecule has 0 aromatic carbocycles. The minimum atomic E-state index is -0.0387. The highest BCUT2D eigenvalue weighted by molar-refractivity contribution is 5.04. The standard InChI is InChI=1S/C16H31NO2/c1-4-16(3)14(10-15(16)19-5-2)17-11-12-6-8-13(18)9-7-12/h12-15,17-18H,4-11H2,1-3H3. The third kappa shape index (κ3) is 3.32. The van der Waals surface area contributed by atoms with Gasteiger partial charge in [0.15, 0.2) is 0 Å². The first-order chi connectivity index (χ1) is 9.10. The van der Waals surface area contributed by atoms with Crippen LogP contribution in [0.25, 0.3) is 0 Å². The van der Waals surface area contributed by atoms with Crippen molar-refractivity contribution in [2.75, 3.05) is 13.2 Å². The van der Waals surface area contributed by atoms with Crippen molar-refractivity contribution in [1.29, 1.82) is 0 Å². The van der Waals surface area contributed by atoms with Crippen LogP contribution in [-0.2, 0) is 4.74 Å². The maximum Gasteiger partial charge on any atom is 0.0658 e. The molecule has 19 heavy (non-hydrogen) atoms. The topological polar surface area (TPSA) is 41.5 Å². The first-order valence-electron chi connectivity index (χ1n) is 8.13. The van der Waals surface area contributed by atoms with E-state index in [0.717, 1.165) is 38.3 Å². The van der Waals surface area contributed by atoms with Gasteiger partial charge in [0.05, 0.1) is 12.2 Å². The van der Waals surface area contributed by atoms with E-state index in [4.69, 9.17) is 4.74 Å². The monoisotopic (exact) mass is 269 g/mol. The average molecular weight is 269 g/mol. The molecule has 2 aliphatic carbocycles. The van der Waals surface area contributed by atoms with Crippen LogP contribution in [-0.4, -0.2) is 36.5 Å². The number of hydrogen-bond acceptors (Lipinski definition) is 3. The van der Waals surface area contributed by atoms with Crippen molar-refractivity contribution >= 4 is 0 Å². The van der Waals surface area contributed by atoms with E-state index in [1.54, 1.807) is 0 Å². The summed E-state index contributed by atoms with van der Waals surface area (Å²) in [4.78, 5) is 0. The zero-order valence-corrected chi connectivity index (χ0v) is 12.8. The predicted molar refractivity (Wildman–Crippen MR) is 78.2 cm³/mol. The van der Waals surface area contributed by atoms with Crippen molar-refractivity contribution in [1.82, 2.24) is 5.32 Å². The normalized spacial score (nSPS) is 42.9. The second kappa shape index (κ2) is 6.55. The molecule has 3 atom stereocenters. The summed E-state index contributed by atoms with van der Waals surface area (Å²) in [6.07, 6.45) is 7.08. The smallest absolute Gasteiger partial charge is 0.0658 e. The molecule has 0 spiro atoms. The van der Waals surface area contributed by atoms with E-state index in [1.807, 2.05) is 0 Å². The fourth-order valence-corrected chi connectivity index (χ4v) is 3.72. The number of ether oxygens (including phenoxy) is 1. The van der Waals surface area contributed by atoms with Gasteiger partial charge < -0.3 is 15.2 Å². The molecule has 2 saturated carbocycles. The third-order valence-electron chi connectivity index (χ3n) is 5.58. The molecule has 0 saturated heterocycles. The zero-order valence-electron chi connectivity index (χ0n) is 12.8. The van der Waals surface area contributed by atoms with Gasteiger partial charge in [-0.3, -0.25) is 0 Å². The highest BCUT2D eigenvalue weighted by atomic mass is 16.5. The molecule has 0 heterocycles. The summed E-state index contributed by atoms with van der Waals surface area (Å²) in [5.74, 6) is 0.760. The van der Waals surface area contributed by atoms with Crippen LogP contribution < -0.4 is 5.32 Å². The summed E-state index contributed by atoms with van der Waals surface area (Å²) in [5.41, 5.74) is 0.310. The number of aliphatic hydroxyl groups excluding tert-OH is 1. The Labute approximate surface area is 118 Å². The number of aliphatic hydroxyl groups is 1. The molecule has 0 amide bonds. The fourth-order valence-electron chi connectivity index (χ4n) is 3.72. The Morgan fingerprint density at radius 3 is 2.47 bits per heavy atom. The van der Waals surface area contributed by atoms with Gasteiger partial charge >= 0.3 is 0 Å². The van der Waals surface area contributed by atoms with E-state index in [0.29, 0.717) is 17.6 Å². The van der Waals surface area contributed by atoms with Gasteiger partial charge in [-0.25, -0.2) is 0 Å². The molecule has 2 rings (SSSR count). The van der Waals surface area contributed by atoms with Crippen molar-refractivity contribution < 1.29 is 9.84 Å². The van der Waals surface area contributed by atoms with Gasteiger partial charge in [-0.15, -0.1) is 0 Å². The highest BCUT2D eigenvalue weighted by Gasteiger charge is 2.50. The molecular weight excluding hydrogens is 238 g/mol. The van der Waals surface area contributed by atoms with Crippen molar-refractivity contribution in [3.63, 3.8) is 0 Å². The van der Waals surface area contributed by atoms with Crippen molar-refractivity contribution in [3.05, 3.63) is 0 Å². The van der Waals surface area contributed by atoms with Gasteiger partial charge in [-0.1, -0.05) is 13.8 Å². The molecule has 0 radical (unpaired) electrons. The molecule has 2 aliphatic rings. The Bertz CT molecular complexity index is 276. The second-order valence-corrected chi connectivity index (χ2v) is 6.67. The Morgan fingerprint density at radius 1 is 1.21 bits per heavy atom. The van der Waals surface area contributed by atoms with E-state index in [1.165, 1.54) is 19.3 Å².